The van der Waals surface area contributed by atoms with Crippen molar-refractivity contribution in [2.45, 2.75) is 27.2 Å². The van der Waals surface area contributed by atoms with E-state index in [1.54, 1.807) is 19.1 Å². The Morgan fingerprint density at radius 1 is 1.16 bits per heavy atom. The van der Waals surface area contributed by atoms with Gasteiger partial charge in [0.2, 0.25) is 0 Å². The van der Waals surface area contributed by atoms with E-state index in [0.29, 0.717) is 22.1 Å². The number of amides is 1. The van der Waals surface area contributed by atoms with Crippen LogP contribution in [-0.2, 0) is 6.42 Å². The van der Waals surface area contributed by atoms with Crippen molar-refractivity contribution in [2.24, 2.45) is 0 Å². The van der Waals surface area contributed by atoms with Crippen molar-refractivity contribution >= 4 is 23.2 Å². The zero-order chi connectivity index (χ0) is 18.0. The molecule has 0 unspecified atom stereocenters. The van der Waals surface area contributed by atoms with Crippen LogP contribution in [-0.4, -0.2) is 20.9 Å². The van der Waals surface area contributed by atoms with Gasteiger partial charge in [0.25, 0.3) is 5.91 Å². The van der Waals surface area contributed by atoms with Crippen LogP contribution >= 0.6 is 11.6 Å². The predicted molar refractivity (Wildman–Crippen MR) is 99.6 cm³/mol. The molecule has 0 bridgehead atoms. The van der Waals surface area contributed by atoms with Crippen LogP contribution in [0.5, 0.6) is 0 Å². The average molecular weight is 355 g/mol. The van der Waals surface area contributed by atoms with Crippen LogP contribution in [0.2, 0.25) is 5.02 Å². The maximum absolute atomic E-state index is 12.7. The van der Waals surface area contributed by atoms with E-state index in [2.05, 4.69) is 22.4 Å². The van der Waals surface area contributed by atoms with Gasteiger partial charge in [-0.05, 0) is 49.6 Å². The molecule has 25 heavy (non-hydrogen) atoms. The zero-order valence-corrected chi connectivity index (χ0v) is 15.1. The van der Waals surface area contributed by atoms with E-state index in [-0.39, 0.29) is 5.91 Å². The lowest BCUT2D eigenvalue weighted by atomic mass is 10.1. The fourth-order valence-electron chi connectivity index (χ4n) is 2.68. The van der Waals surface area contributed by atoms with Crippen molar-refractivity contribution in [3.05, 3.63) is 70.0 Å². The second-order valence-electron chi connectivity index (χ2n) is 5.82. The Kier molecular flexibility index (Phi) is 4.86. The minimum Gasteiger partial charge on any atom is -0.320 e. The Balaban J connectivity index is 1.92. The standard InChI is InChI=1S/C19H19ClN4O/c1-4-14-8-5-7-12(2)17(14)21-19(25)18-13(3)22-24(23-18)16-10-6-9-15(20)11-16/h5-11H,4H2,1-3H3,(H,21,25). The van der Waals surface area contributed by atoms with Crippen LogP contribution < -0.4 is 5.32 Å². The molecule has 0 fully saturated rings. The third-order valence-electron chi connectivity index (χ3n) is 4.01. The van der Waals surface area contributed by atoms with Crippen molar-refractivity contribution in [3.63, 3.8) is 0 Å². The van der Waals surface area contributed by atoms with Crippen molar-refractivity contribution < 1.29 is 4.79 Å². The molecule has 0 saturated heterocycles. The van der Waals surface area contributed by atoms with Gasteiger partial charge in [-0.2, -0.15) is 9.90 Å². The van der Waals surface area contributed by atoms with Gasteiger partial charge in [0.15, 0.2) is 5.69 Å². The summed E-state index contributed by atoms with van der Waals surface area (Å²) in [4.78, 5) is 14.1. The first-order valence-electron chi connectivity index (χ1n) is 8.09. The van der Waals surface area contributed by atoms with E-state index >= 15 is 0 Å². The van der Waals surface area contributed by atoms with Crippen molar-refractivity contribution in [3.8, 4) is 5.69 Å². The SMILES string of the molecule is CCc1cccc(C)c1NC(=O)c1nn(-c2cccc(Cl)c2)nc1C. The van der Waals surface area contributed by atoms with E-state index in [9.17, 15) is 4.79 Å². The summed E-state index contributed by atoms with van der Waals surface area (Å²) in [6.07, 6.45) is 0.839. The number of hydrogen-bond acceptors (Lipinski definition) is 3. The first kappa shape index (κ1) is 17.2. The largest absolute Gasteiger partial charge is 0.320 e. The van der Waals surface area contributed by atoms with Gasteiger partial charge in [-0.1, -0.05) is 42.8 Å². The fraction of sp³-hybridized carbons (Fsp3) is 0.211. The number of benzene rings is 2. The summed E-state index contributed by atoms with van der Waals surface area (Å²) in [5.74, 6) is -0.269. The molecule has 5 nitrogen and oxygen atoms in total. The highest BCUT2D eigenvalue weighted by Gasteiger charge is 2.18. The van der Waals surface area contributed by atoms with Crippen LogP contribution in [0.1, 0.15) is 34.2 Å². The molecule has 1 amide bonds. The Morgan fingerprint density at radius 2 is 1.92 bits per heavy atom. The van der Waals surface area contributed by atoms with E-state index in [1.165, 1.54) is 4.80 Å². The number of carbonyl (C=O) groups is 1. The summed E-state index contributed by atoms with van der Waals surface area (Å²) in [5, 5.41) is 12.2. The van der Waals surface area contributed by atoms with E-state index in [1.807, 2.05) is 37.3 Å². The molecular weight excluding hydrogens is 336 g/mol. The number of hydrogen-bond donors (Lipinski definition) is 1. The number of aryl methyl sites for hydroxylation is 3. The Bertz CT molecular complexity index is 933. The smallest absolute Gasteiger partial charge is 0.278 e. The topological polar surface area (TPSA) is 59.8 Å². The summed E-state index contributed by atoms with van der Waals surface area (Å²) >= 11 is 6.01. The van der Waals surface area contributed by atoms with Crippen LogP contribution in [0.25, 0.3) is 5.69 Å². The zero-order valence-electron chi connectivity index (χ0n) is 14.4. The molecule has 3 rings (SSSR count). The second-order valence-corrected chi connectivity index (χ2v) is 6.26. The van der Waals surface area contributed by atoms with Gasteiger partial charge in [-0.3, -0.25) is 4.79 Å². The molecule has 0 aliphatic heterocycles. The second kappa shape index (κ2) is 7.07. The Morgan fingerprint density at radius 3 is 2.64 bits per heavy atom. The van der Waals surface area contributed by atoms with Crippen LogP contribution in [0.3, 0.4) is 0 Å². The van der Waals surface area contributed by atoms with Crippen LogP contribution in [0.15, 0.2) is 42.5 Å². The molecular formula is C19H19ClN4O. The molecule has 0 spiro atoms. The minimum atomic E-state index is -0.269. The summed E-state index contributed by atoms with van der Waals surface area (Å²) in [7, 11) is 0. The third kappa shape index (κ3) is 3.56. The van der Waals surface area contributed by atoms with E-state index < -0.39 is 0 Å². The minimum absolute atomic E-state index is 0.269. The highest BCUT2D eigenvalue weighted by atomic mass is 35.5. The van der Waals surface area contributed by atoms with Crippen molar-refractivity contribution in [1.82, 2.24) is 15.0 Å². The molecule has 3 aromatic rings. The number of anilines is 1. The predicted octanol–water partition coefficient (Wildman–Crippen LogP) is 4.35. The summed E-state index contributed by atoms with van der Waals surface area (Å²) in [6, 6.07) is 13.2. The highest BCUT2D eigenvalue weighted by molar-refractivity contribution is 6.30. The third-order valence-corrected chi connectivity index (χ3v) is 4.25. The number of rotatable bonds is 4. The lowest BCUT2D eigenvalue weighted by molar-refractivity contribution is 0.102. The molecule has 0 aliphatic rings. The Hall–Kier alpha value is -2.66. The van der Waals surface area contributed by atoms with Gasteiger partial charge in [0.05, 0.1) is 11.4 Å². The number of halogens is 1. The van der Waals surface area contributed by atoms with E-state index in [0.717, 1.165) is 23.2 Å². The Labute approximate surface area is 151 Å². The lowest BCUT2D eigenvalue weighted by Crippen LogP contribution is -2.16. The number of aromatic nitrogens is 3. The quantitative estimate of drug-likeness (QED) is 0.757. The number of para-hydroxylation sites is 1. The lowest BCUT2D eigenvalue weighted by Gasteiger charge is -2.12. The van der Waals surface area contributed by atoms with Gasteiger partial charge in [-0.15, -0.1) is 5.10 Å². The molecule has 6 heteroatoms. The average Bonchev–Trinajstić information content (AvgIpc) is 2.98. The van der Waals surface area contributed by atoms with Crippen LogP contribution in [0, 0.1) is 13.8 Å². The molecule has 0 radical (unpaired) electrons. The first-order valence-corrected chi connectivity index (χ1v) is 8.47. The molecule has 2 aromatic carbocycles. The summed E-state index contributed by atoms with van der Waals surface area (Å²) < 4.78 is 0. The number of nitrogens with one attached hydrogen (secondary N) is 1. The van der Waals surface area contributed by atoms with Gasteiger partial charge >= 0.3 is 0 Å². The van der Waals surface area contributed by atoms with Crippen LogP contribution in [0.4, 0.5) is 5.69 Å². The fourth-order valence-corrected chi connectivity index (χ4v) is 2.86. The molecule has 1 heterocycles. The monoisotopic (exact) mass is 354 g/mol. The molecule has 0 saturated carbocycles. The number of nitrogens with zero attached hydrogens (tertiary/aromatic N) is 3. The molecule has 1 N–H and O–H groups in total. The molecule has 128 valence electrons. The first-order chi connectivity index (χ1) is 12.0. The molecule has 1 aromatic heterocycles. The van der Waals surface area contributed by atoms with Gasteiger partial charge in [0, 0.05) is 10.7 Å². The molecule has 0 aliphatic carbocycles. The van der Waals surface area contributed by atoms with Crippen molar-refractivity contribution in [1.29, 1.82) is 0 Å². The summed E-state index contributed by atoms with van der Waals surface area (Å²) in [5.41, 5.74) is 4.52. The molecule has 0 atom stereocenters. The maximum atomic E-state index is 12.7. The van der Waals surface area contributed by atoms with Gasteiger partial charge in [0.1, 0.15) is 0 Å². The van der Waals surface area contributed by atoms with Gasteiger partial charge < -0.3 is 5.32 Å². The normalized spacial score (nSPS) is 10.7. The summed E-state index contributed by atoms with van der Waals surface area (Å²) in [6.45, 7) is 5.80. The van der Waals surface area contributed by atoms with Crippen molar-refractivity contribution in [2.75, 3.05) is 5.32 Å². The van der Waals surface area contributed by atoms with Gasteiger partial charge in [-0.25, -0.2) is 0 Å². The number of carbonyl (C=O) groups excluding carboxylic acids is 1. The van der Waals surface area contributed by atoms with E-state index in [4.69, 9.17) is 11.6 Å². The highest BCUT2D eigenvalue weighted by Crippen LogP contribution is 2.22. The maximum Gasteiger partial charge on any atom is 0.278 e.